The van der Waals surface area contributed by atoms with Crippen molar-refractivity contribution in [1.29, 1.82) is 0 Å². The molecule has 2 N–H and O–H groups in total. The molecule has 0 fully saturated rings. The van der Waals surface area contributed by atoms with Crippen LogP contribution in [0.15, 0.2) is 38.0 Å². The van der Waals surface area contributed by atoms with E-state index in [4.69, 9.17) is 25.6 Å². The van der Waals surface area contributed by atoms with Gasteiger partial charge in [0.25, 0.3) is 5.89 Å². The standard InChI is InChI=1S/C14H8ClN5O5S/c15-11-2-1-10(26-11)9-3-6(19-25-9)5-20-8(4-7(18-20)13(21)22)12-16-17-14(23)24-12/h1-4H,5H2,(H,17,23)(H,21,22). The molecule has 0 aliphatic carbocycles. The maximum atomic E-state index is 11.2. The quantitative estimate of drug-likeness (QED) is 0.526. The van der Waals surface area contributed by atoms with Crippen molar-refractivity contribution in [3.8, 4) is 22.2 Å². The number of carboxylic acid groups (broad SMARTS) is 1. The Morgan fingerprint density at radius 3 is 2.88 bits per heavy atom. The summed E-state index contributed by atoms with van der Waals surface area (Å²) in [6.45, 7) is 0.0851. The number of aromatic amines is 1. The molecule has 0 saturated carbocycles. The van der Waals surface area contributed by atoms with Gasteiger partial charge in [0.1, 0.15) is 11.4 Å². The van der Waals surface area contributed by atoms with Gasteiger partial charge in [-0.3, -0.25) is 4.68 Å². The number of nitrogens with one attached hydrogen (secondary N) is 1. The monoisotopic (exact) mass is 393 g/mol. The van der Waals surface area contributed by atoms with Gasteiger partial charge in [-0.15, -0.1) is 16.4 Å². The molecule has 0 amide bonds. The third-order valence-corrected chi connectivity index (χ3v) is 4.59. The number of hydrogen-bond donors (Lipinski definition) is 2. The fraction of sp³-hybridized carbons (Fsp3) is 0.0714. The molecule has 132 valence electrons. The second-order valence-electron chi connectivity index (χ2n) is 5.08. The van der Waals surface area contributed by atoms with Crippen molar-refractivity contribution in [2.24, 2.45) is 0 Å². The fourth-order valence-electron chi connectivity index (χ4n) is 2.26. The van der Waals surface area contributed by atoms with Crippen molar-refractivity contribution < 1.29 is 18.8 Å². The van der Waals surface area contributed by atoms with Gasteiger partial charge in [-0.1, -0.05) is 16.8 Å². The SMILES string of the molecule is O=C(O)c1cc(-c2n[nH]c(=O)o2)n(Cc2cc(-c3ccc(Cl)s3)on2)n1. The fourth-order valence-corrected chi connectivity index (χ4v) is 3.25. The topological polar surface area (TPSA) is 140 Å². The number of carbonyl (C=O) groups is 1. The van der Waals surface area contributed by atoms with E-state index in [1.54, 1.807) is 18.2 Å². The summed E-state index contributed by atoms with van der Waals surface area (Å²) in [5, 5.41) is 22.9. The Morgan fingerprint density at radius 1 is 1.38 bits per heavy atom. The van der Waals surface area contributed by atoms with Crippen LogP contribution in [0.1, 0.15) is 16.2 Å². The first kappa shape index (κ1) is 16.3. The molecule has 0 aliphatic heterocycles. The second kappa shape index (κ2) is 6.28. The van der Waals surface area contributed by atoms with Gasteiger partial charge in [0.15, 0.2) is 11.5 Å². The summed E-state index contributed by atoms with van der Waals surface area (Å²) in [5.41, 5.74) is 0.479. The van der Waals surface area contributed by atoms with Crippen LogP contribution in [-0.2, 0) is 6.54 Å². The van der Waals surface area contributed by atoms with E-state index >= 15 is 0 Å². The van der Waals surface area contributed by atoms with Crippen LogP contribution >= 0.6 is 22.9 Å². The number of halogens is 1. The molecule has 12 heteroatoms. The minimum absolute atomic E-state index is 0.0799. The first-order valence-electron chi connectivity index (χ1n) is 7.08. The van der Waals surface area contributed by atoms with E-state index in [0.717, 1.165) is 4.88 Å². The van der Waals surface area contributed by atoms with Gasteiger partial charge in [-0.05, 0) is 12.1 Å². The number of aromatic nitrogens is 5. The van der Waals surface area contributed by atoms with E-state index in [-0.39, 0.29) is 23.8 Å². The van der Waals surface area contributed by atoms with Crippen molar-refractivity contribution in [1.82, 2.24) is 25.1 Å². The van der Waals surface area contributed by atoms with E-state index in [0.29, 0.717) is 15.8 Å². The maximum Gasteiger partial charge on any atom is 0.434 e. The van der Waals surface area contributed by atoms with Crippen LogP contribution in [0.5, 0.6) is 0 Å². The number of thiophene rings is 1. The molecule has 4 heterocycles. The molecule has 0 bridgehead atoms. The van der Waals surface area contributed by atoms with Crippen molar-refractivity contribution in [2.75, 3.05) is 0 Å². The highest BCUT2D eigenvalue weighted by atomic mass is 35.5. The normalized spacial score (nSPS) is 11.1. The smallest absolute Gasteiger partial charge is 0.434 e. The van der Waals surface area contributed by atoms with Crippen molar-refractivity contribution >= 4 is 28.9 Å². The van der Waals surface area contributed by atoms with Gasteiger partial charge >= 0.3 is 11.7 Å². The average Bonchev–Trinajstić information content (AvgIpc) is 3.34. The first-order valence-corrected chi connectivity index (χ1v) is 8.27. The van der Waals surface area contributed by atoms with Crippen LogP contribution in [0.2, 0.25) is 4.34 Å². The lowest BCUT2D eigenvalue weighted by Gasteiger charge is -2.00. The van der Waals surface area contributed by atoms with Crippen molar-refractivity contribution in [3.05, 3.63) is 50.5 Å². The van der Waals surface area contributed by atoms with E-state index in [9.17, 15) is 9.59 Å². The summed E-state index contributed by atoms with van der Waals surface area (Å²) >= 11 is 7.25. The molecular formula is C14H8ClN5O5S. The lowest BCUT2D eigenvalue weighted by molar-refractivity contribution is 0.0689. The van der Waals surface area contributed by atoms with Gasteiger partial charge < -0.3 is 14.0 Å². The Balaban J connectivity index is 1.68. The predicted molar refractivity (Wildman–Crippen MR) is 89.2 cm³/mol. The molecule has 0 spiro atoms. The molecule has 0 aliphatic rings. The molecule has 0 atom stereocenters. The lowest BCUT2D eigenvalue weighted by Crippen LogP contribution is -2.06. The van der Waals surface area contributed by atoms with E-state index < -0.39 is 11.7 Å². The molecule has 0 radical (unpaired) electrons. The first-order chi connectivity index (χ1) is 12.5. The van der Waals surface area contributed by atoms with Crippen LogP contribution < -0.4 is 5.76 Å². The number of nitrogens with zero attached hydrogens (tertiary/aromatic N) is 4. The van der Waals surface area contributed by atoms with Crippen LogP contribution in [0.25, 0.3) is 22.2 Å². The van der Waals surface area contributed by atoms with Gasteiger partial charge in [-0.2, -0.15) is 5.10 Å². The summed E-state index contributed by atoms with van der Waals surface area (Å²) in [5.74, 6) is -1.54. The van der Waals surface area contributed by atoms with E-state index in [2.05, 4.69) is 20.5 Å². The van der Waals surface area contributed by atoms with Crippen LogP contribution in [0, 0.1) is 0 Å². The molecule has 10 nitrogen and oxygen atoms in total. The molecule has 4 aromatic rings. The highest BCUT2D eigenvalue weighted by Gasteiger charge is 2.20. The summed E-state index contributed by atoms with van der Waals surface area (Å²) in [6, 6.07) is 6.49. The minimum atomic E-state index is -1.23. The number of H-pyrrole nitrogens is 1. The largest absolute Gasteiger partial charge is 0.476 e. The van der Waals surface area contributed by atoms with Gasteiger partial charge in [0, 0.05) is 12.1 Å². The third-order valence-electron chi connectivity index (χ3n) is 3.34. The molecule has 4 rings (SSSR count). The average molecular weight is 394 g/mol. The zero-order valence-corrected chi connectivity index (χ0v) is 14.2. The highest BCUT2D eigenvalue weighted by molar-refractivity contribution is 7.19. The number of aromatic carboxylic acids is 1. The predicted octanol–water partition coefficient (Wildman–Crippen LogP) is 2.34. The van der Waals surface area contributed by atoms with Gasteiger partial charge in [-0.25, -0.2) is 14.7 Å². The Bertz CT molecular complexity index is 1150. The van der Waals surface area contributed by atoms with Crippen molar-refractivity contribution in [3.63, 3.8) is 0 Å². The molecule has 4 aromatic heterocycles. The van der Waals surface area contributed by atoms with E-state index in [1.165, 1.54) is 22.1 Å². The summed E-state index contributed by atoms with van der Waals surface area (Å²) in [4.78, 5) is 23.2. The number of hydrogen-bond acceptors (Lipinski definition) is 8. The zero-order chi connectivity index (χ0) is 18.3. The van der Waals surface area contributed by atoms with Crippen LogP contribution in [0.3, 0.4) is 0 Å². The molecular weight excluding hydrogens is 386 g/mol. The van der Waals surface area contributed by atoms with Crippen LogP contribution in [-0.4, -0.2) is 36.2 Å². The Hall–Kier alpha value is -3.18. The van der Waals surface area contributed by atoms with Gasteiger partial charge in [0.2, 0.25) is 0 Å². The molecule has 0 saturated heterocycles. The summed E-state index contributed by atoms with van der Waals surface area (Å²) in [6.07, 6.45) is 0. The Labute approximate surface area is 152 Å². The molecule has 0 aromatic carbocycles. The third kappa shape index (κ3) is 3.05. The number of rotatable bonds is 5. The second-order valence-corrected chi connectivity index (χ2v) is 6.80. The minimum Gasteiger partial charge on any atom is -0.476 e. The highest BCUT2D eigenvalue weighted by Crippen LogP contribution is 2.31. The van der Waals surface area contributed by atoms with Gasteiger partial charge in [0.05, 0.1) is 15.8 Å². The number of carboxylic acids is 1. The molecule has 0 unspecified atom stereocenters. The summed E-state index contributed by atoms with van der Waals surface area (Å²) < 4.78 is 12.1. The van der Waals surface area contributed by atoms with Crippen LogP contribution in [0.4, 0.5) is 0 Å². The van der Waals surface area contributed by atoms with E-state index in [1.807, 2.05) is 0 Å². The maximum absolute atomic E-state index is 11.2. The van der Waals surface area contributed by atoms with Crippen molar-refractivity contribution in [2.45, 2.75) is 6.54 Å². The zero-order valence-electron chi connectivity index (χ0n) is 12.7. The lowest BCUT2D eigenvalue weighted by atomic mass is 10.3. The summed E-state index contributed by atoms with van der Waals surface area (Å²) in [7, 11) is 0. The Kier molecular flexibility index (Phi) is 3.93. The molecule has 26 heavy (non-hydrogen) atoms. The Morgan fingerprint density at radius 2 is 2.23 bits per heavy atom.